The first kappa shape index (κ1) is 21.0. The van der Waals surface area contributed by atoms with Crippen molar-refractivity contribution < 1.29 is 23.5 Å². The van der Waals surface area contributed by atoms with Gasteiger partial charge in [-0.15, -0.1) is 0 Å². The van der Waals surface area contributed by atoms with Gasteiger partial charge < -0.3 is 10.4 Å². The van der Waals surface area contributed by atoms with Gasteiger partial charge in [-0.1, -0.05) is 23.7 Å². The number of amides is 1. The van der Waals surface area contributed by atoms with Gasteiger partial charge in [0, 0.05) is 22.3 Å². The molecule has 160 valence electrons. The Morgan fingerprint density at radius 3 is 2.55 bits per heavy atom. The van der Waals surface area contributed by atoms with Crippen LogP contribution in [0.1, 0.15) is 46.2 Å². The fourth-order valence-electron chi connectivity index (χ4n) is 3.80. The summed E-state index contributed by atoms with van der Waals surface area (Å²) < 4.78 is 28.5. The summed E-state index contributed by atoms with van der Waals surface area (Å²) in [5, 5.41) is 16.9. The quantitative estimate of drug-likeness (QED) is 0.594. The molecule has 6 nitrogen and oxygen atoms in total. The molecule has 0 aliphatic heterocycles. The van der Waals surface area contributed by atoms with E-state index < -0.39 is 29.6 Å². The van der Waals surface area contributed by atoms with E-state index in [2.05, 4.69) is 10.4 Å². The smallest absolute Gasteiger partial charge is 0.305 e. The van der Waals surface area contributed by atoms with Crippen LogP contribution in [0, 0.1) is 11.6 Å². The number of carboxylic acid groups (broad SMARTS) is 1. The largest absolute Gasteiger partial charge is 0.481 e. The zero-order valence-corrected chi connectivity index (χ0v) is 17.0. The van der Waals surface area contributed by atoms with Gasteiger partial charge in [0.1, 0.15) is 0 Å². The van der Waals surface area contributed by atoms with Gasteiger partial charge in [0.25, 0.3) is 5.91 Å². The zero-order chi connectivity index (χ0) is 22.1. The third-order valence-corrected chi connectivity index (χ3v) is 5.50. The number of carbonyl (C=O) groups excluding carboxylic acids is 1. The molecule has 1 unspecified atom stereocenters. The number of hydrogen-bond acceptors (Lipinski definition) is 3. The molecular weight excluding hydrogens is 428 g/mol. The molecule has 1 aromatic heterocycles. The van der Waals surface area contributed by atoms with Gasteiger partial charge in [0.15, 0.2) is 17.3 Å². The maximum absolute atomic E-state index is 13.7. The molecule has 1 aliphatic rings. The van der Waals surface area contributed by atoms with Crippen molar-refractivity contribution in [2.75, 3.05) is 0 Å². The van der Waals surface area contributed by atoms with Gasteiger partial charge in [-0.2, -0.15) is 5.10 Å². The molecule has 9 heteroatoms. The minimum atomic E-state index is -1.07. The van der Waals surface area contributed by atoms with Crippen molar-refractivity contribution in [3.05, 3.63) is 81.6 Å². The molecule has 0 spiro atoms. The van der Waals surface area contributed by atoms with Crippen LogP contribution in [0.3, 0.4) is 0 Å². The number of aromatic nitrogens is 2. The lowest BCUT2D eigenvalue weighted by molar-refractivity contribution is -0.137. The lowest BCUT2D eigenvalue weighted by Gasteiger charge is -2.17. The van der Waals surface area contributed by atoms with E-state index >= 15 is 0 Å². The maximum atomic E-state index is 13.7. The second-order valence-electron chi connectivity index (χ2n) is 7.31. The van der Waals surface area contributed by atoms with Gasteiger partial charge >= 0.3 is 5.97 Å². The zero-order valence-electron chi connectivity index (χ0n) is 16.2. The van der Waals surface area contributed by atoms with E-state index in [4.69, 9.17) is 11.6 Å². The van der Waals surface area contributed by atoms with Gasteiger partial charge in [-0.05, 0) is 49.1 Å². The van der Waals surface area contributed by atoms with Crippen LogP contribution in [-0.4, -0.2) is 26.8 Å². The number of rotatable bonds is 6. The van der Waals surface area contributed by atoms with Crippen LogP contribution in [-0.2, 0) is 17.6 Å². The van der Waals surface area contributed by atoms with Crippen LogP contribution in [0.4, 0.5) is 8.78 Å². The molecule has 3 aromatic rings. The summed E-state index contributed by atoms with van der Waals surface area (Å²) in [6, 6.07) is 9.20. The van der Waals surface area contributed by atoms with Crippen LogP contribution in [0.25, 0.3) is 5.69 Å². The number of fused-ring (bicyclic) bond motifs is 1. The van der Waals surface area contributed by atoms with Crippen LogP contribution in [0.2, 0.25) is 5.02 Å². The van der Waals surface area contributed by atoms with E-state index in [-0.39, 0.29) is 12.1 Å². The molecular formula is C22H18ClF2N3O3. The summed E-state index contributed by atoms with van der Waals surface area (Å²) >= 11 is 5.90. The highest BCUT2D eigenvalue weighted by Gasteiger charge is 2.29. The fraction of sp³-hybridized carbons (Fsp3) is 0.227. The fourth-order valence-corrected chi connectivity index (χ4v) is 3.92. The highest BCUT2D eigenvalue weighted by atomic mass is 35.5. The Labute approximate surface area is 181 Å². The monoisotopic (exact) mass is 445 g/mol. The Morgan fingerprint density at radius 2 is 1.87 bits per heavy atom. The van der Waals surface area contributed by atoms with E-state index in [9.17, 15) is 23.5 Å². The summed E-state index contributed by atoms with van der Waals surface area (Å²) in [4.78, 5) is 24.4. The third-order valence-electron chi connectivity index (χ3n) is 5.25. The molecule has 0 fully saturated rings. The minimum absolute atomic E-state index is 0.154. The first-order chi connectivity index (χ1) is 14.8. The summed E-state index contributed by atoms with van der Waals surface area (Å²) in [5.41, 5.74) is 2.55. The SMILES string of the molecule is O=C(O)CC(NC(=O)c1nn(-c2ccc(F)c(F)c2)c2c1CCC2)c1ccc(Cl)cc1. The molecule has 2 aromatic carbocycles. The van der Waals surface area contributed by atoms with E-state index in [1.165, 1.54) is 10.7 Å². The van der Waals surface area contributed by atoms with Crippen molar-refractivity contribution in [2.45, 2.75) is 31.7 Å². The number of nitrogens with zero attached hydrogens (tertiary/aromatic N) is 2. The molecule has 0 saturated carbocycles. The Bertz CT molecular complexity index is 1160. The summed E-state index contributed by atoms with van der Waals surface area (Å²) in [6.07, 6.45) is 1.74. The van der Waals surface area contributed by atoms with Gasteiger partial charge in [0.2, 0.25) is 0 Å². The normalized spacial score (nSPS) is 13.6. The number of halogens is 3. The Hall–Kier alpha value is -3.26. The second kappa shape index (κ2) is 8.47. The number of aliphatic carboxylic acids is 1. The first-order valence-electron chi connectivity index (χ1n) is 9.68. The van der Waals surface area contributed by atoms with Crippen LogP contribution < -0.4 is 5.32 Å². The molecule has 4 rings (SSSR count). The first-order valence-corrected chi connectivity index (χ1v) is 10.1. The number of carbonyl (C=O) groups is 2. The van der Waals surface area contributed by atoms with Crippen LogP contribution in [0.5, 0.6) is 0 Å². The number of hydrogen-bond donors (Lipinski definition) is 2. The Morgan fingerprint density at radius 1 is 1.13 bits per heavy atom. The summed E-state index contributed by atoms with van der Waals surface area (Å²) in [7, 11) is 0. The van der Waals surface area contributed by atoms with Crippen molar-refractivity contribution in [1.29, 1.82) is 0 Å². The molecule has 1 aliphatic carbocycles. The lowest BCUT2D eigenvalue weighted by Crippen LogP contribution is -2.31. The molecule has 31 heavy (non-hydrogen) atoms. The highest BCUT2D eigenvalue weighted by Crippen LogP contribution is 2.29. The van der Waals surface area contributed by atoms with E-state index in [0.717, 1.165) is 29.8 Å². The maximum Gasteiger partial charge on any atom is 0.305 e. The molecule has 0 bridgehead atoms. The number of carboxylic acids is 1. The van der Waals surface area contributed by atoms with E-state index in [1.807, 2.05) is 0 Å². The minimum Gasteiger partial charge on any atom is -0.481 e. The van der Waals surface area contributed by atoms with Crippen molar-refractivity contribution >= 4 is 23.5 Å². The summed E-state index contributed by atoms with van der Waals surface area (Å²) in [6.45, 7) is 0. The standard InChI is InChI=1S/C22H18ClF2N3O3/c23-13-6-4-12(5-7-13)18(11-20(29)30)26-22(31)21-15-2-1-3-19(15)28(27-21)14-8-9-16(24)17(25)10-14/h4-10,18H,1-3,11H2,(H,26,31)(H,29,30). The topological polar surface area (TPSA) is 84.2 Å². The molecule has 2 N–H and O–H groups in total. The van der Waals surface area contributed by atoms with Gasteiger partial charge in [0.05, 0.1) is 18.2 Å². The number of benzene rings is 2. The summed E-state index contributed by atoms with van der Waals surface area (Å²) in [5.74, 6) is -3.57. The molecule has 1 amide bonds. The van der Waals surface area contributed by atoms with Gasteiger partial charge in [-0.3, -0.25) is 9.59 Å². The Kier molecular flexibility index (Phi) is 5.73. The van der Waals surface area contributed by atoms with Crippen LogP contribution in [0.15, 0.2) is 42.5 Å². The average molecular weight is 446 g/mol. The van der Waals surface area contributed by atoms with Crippen molar-refractivity contribution in [1.82, 2.24) is 15.1 Å². The van der Waals surface area contributed by atoms with Crippen LogP contribution >= 0.6 is 11.6 Å². The van der Waals surface area contributed by atoms with E-state index in [0.29, 0.717) is 29.1 Å². The average Bonchev–Trinajstić information content (AvgIpc) is 3.32. The molecule has 0 saturated heterocycles. The molecule has 1 atom stereocenters. The van der Waals surface area contributed by atoms with E-state index in [1.54, 1.807) is 24.3 Å². The number of nitrogens with one attached hydrogen (secondary N) is 1. The highest BCUT2D eigenvalue weighted by molar-refractivity contribution is 6.30. The van der Waals surface area contributed by atoms with Crippen molar-refractivity contribution in [3.63, 3.8) is 0 Å². The third kappa shape index (κ3) is 4.29. The lowest BCUT2D eigenvalue weighted by atomic mass is 10.0. The predicted octanol–water partition coefficient (Wildman–Crippen LogP) is 4.24. The van der Waals surface area contributed by atoms with Crippen molar-refractivity contribution in [2.24, 2.45) is 0 Å². The second-order valence-corrected chi connectivity index (χ2v) is 7.75. The van der Waals surface area contributed by atoms with Gasteiger partial charge in [-0.25, -0.2) is 13.5 Å². The Balaban J connectivity index is 1.67. The predicted molar refractivity (Wildman–Crippen MR) is 109 cm³/mol. The molecule has 1 heterocycles. The molecule has 0 radical (unpaired) electrons. The van der Waals surface area contributed by atoms with Crippen molar-refractivity contribution in [3.8, 4) is 5.69 Å².